The van der Waals surface area contributed by atoms with Gasteiger partial charge in [-0.2, -0.15) is 0 Å². The number of hydrogen-bond acceptors (Lipinski definition) is 1. The monoisotopic (exact) mass is 332 g/mol. The summed E-state index contributed by atoms with van der Waals surface area (Å²) in [5.74, 6) is -1.13. The van der Waals surface area contributed by atoms with Crippen molar-refractivity contribution in [3.63, 3.8) is 0 Å². The quantitative estimate of drug-likeness (QED) is 0.860. The number of hydrogen-bond donors (Lipinski definition) is 1. The Balaban J connectivity index is 2.47. The third-order valence-electron chi connectivity index (χ3n) is 2.51. The van der Waals surface area contributed by atoms with Gasteiger partial charge in [-0.1, -0.05) is 33.6 Å². The summed E-state index contributed by atoms with van der Waals surface area (Å²) < 4.78 is 27.3. The standard InChI is InChI=1S/C13H8BrClF2O/c14-11-4-2-8(16)6-10(11)13(18)9-3-1-7(15)5-12(9)17/h1-6,13,18H. The van der Waals surface area contributed by atoms with Gasteiger partial charge in [0.1, 0.15) is 17.7 Å². The maximum absolute atomic E-state index is 13.7. The molecule has 18 heavy (non-hydrogen) atoms. The van der Waals surface area contributed by atoms with Crippen molar-refractivity contribution in [2.75, 3.05) is 0 Å². The molecule has 0 saturated heterocycles. The van der Waals surface area contributed by atoms with Crippen LogP contribution in [0, 0.1) is 11.6 Å². The minimum Gasteiger partial charge on any atom is -0.384 e. The molecule has 0 amide bonds. The molecule has 0 bridgehead atoms. The smallest absolute Gasteiger partial charge is 0.130 e. The number of halogens is 4. The molecule has 0 fully saturated rings. The highest BCUT2D eigenvalue weighted by Crippen LogP contribution is 2.31. The Kier molecular flexibility index (Phi) is 4.00. The van der Waals surface area contributed by atoms with Crippen molar-refractivity contribution in [1.82, 2.24) is 0 Å². The summed E-state index contributed by atoms with van der Waals surface area (Å²) in [5, 5.41) is 10.3. The van der Waals surface area contributed by atoms with E-state index >= 15 is 0 Å². The molecule has 0 aliphatic heterocycles. The Morgan fingerprint density at radius 1 is 1.06 bits per heavy atom. The first-order valence-corrected chi connectivity index (χ1v) is 6.24. The fourth-order valence-electron chi connectivity index (χ4n) is 1.61. The lowest BCUT2D eigenvalue weighted by Gasteiger charge is -2.14. The van der Waals surface area contributed by atoms with Gasteiger partial charge in [0.25, 0.3) is 0 Å². The second kappa shape index (κ2) is 5.34. The number of benzene rings is 2. The zero-order valence-electron chi connectivity index (χ0n) is 9.00. The Labute approximate surface area is 116 Å². The second-order valence-electron chi connectivity index (χ2n) is 3.73. The first-order chi connectivity index (χ1) is 8.49. The van der Waals surface area contributed by atoms with Gasteiger partial charge < -0.3 is 5.11 Å². The minimum absolute atomic E-state index is 0.0469. The predicted octanol–water partition coefficient (Wildman–Crippen LogP) is 4.46. The van der Waals surface area contributed by atoms with Crippen LogP contribution < -0.4 is 0 Å². The van der Waals surface area contributed by atoms with E-state index in [-0.39, 0.29) is 16.1 Å². The Bertz CT molecular complexity index is 589. The zero-order valence-corrected chi connectivity index (χ0v) is 11.3. The summed E-state index contributed by atoms with van der Waals surface area (Å²) in [6, 6.07) is 7.81. The molecule has 1 atom stereocenters. The van der Waals surface area contributed by atoms with Crippen LogP contribution in [0.15, 0.2) is 40.9 Å². The number of rotatable bonds is 2. The van der Waals surface area contributed by atoms with Crippen molar-refractivity contribution in [2.45, 2.75) is 6.10 Å². The van der Waals surface area contributed by atoms with E-state index in [1.165, 1.54) is 24.3 Å². The van der Waals surface area contributed by atoms with Gasteiger partial charge in [-0.3, -0.25) is 0 Å². The lowest BCUT2D eigenvalue weighted by Crippen LogP contribution is -2.04. The van der Waals surface area contributed by atoms with Crippen molar-refractivity contribution in [1.29, 1.82) is 0 Å². The molecule has 0 saturated carbocycles. The molecule has 0 radical (unpaired) electrons. The lowest BCUT2D eigenvalue weighted by atomic mass is 10.0. The molecule has 0 aromatic heterocycles. The first kappa shape index (κ1) is 13.5. The molecule has 5 heteroatoms. The van der Waals surface area contributed by atoms with Crippen LogP contribution in [0.2, 0.25) is 5.02 Å². The van der Waals surface area contributed by atoms with Gasteiger partial charge >= 0.3 is 0 Å². The van der Waals surface area contributed by atoms with Crippen LogP contribution in [-0.4, -0.2) is 5.11 Å². The Hall–Kier alpha value is -0.970. The molecule has 2 aromatic rings. The van der Waals surface area contributed by atoms with Gasteiger partial charge in [0, 0.05) is 20.6 Å². The number of aliphatic hydroxyl groups is 1. The Morgan fingerprint density at radius 2 is 1.78 bits per heavy atom. The van der Waals surface area contributed by atoms with E-state index in [1.807, 2.05) is 0 Å². The fourth-order valence-corrected chi connectivity index (χ4v) is 2.24. The van der Waals surface area contributed by atoms with Crippen molar-refractivity contribution in [3.8, 4) is 0 Å². The van der Waals surface area contributed by atoms with E-state index in [1.54, 1.807) is 0 Å². The fraction of sp³-hybridized carbons (Fsp3) is 0.0769. The molecule has 2 rings (SSSR count). The van der Waals surface area contributed by atoms with Crippen molar-refractivity contribution >= 4 is 27.5 Å². The first-order valence-electron chi connectivity index (χ1n) is 5.07. The summed E-state index contributed by atoms with van der Waals surface area (Å²) in [5.41, 5.74) is 0.307. The van der Waals surface area contributed by atoms with E-state index in [4.69, 9.17) is 11.6 Å². The summed E-state index contributed by atoms with van der Waals surface area (Å²) >= 11 is 8.83. The third kappa shape index (κ3) is 2.71. The largest absolute Gasteiger partial charge is 0.384 e. The molecule has 0 aliphatic carbocycles. The minimum atomic E-state index is -1.26. The third-order valence-corrected chi connectivity index (χ3v) is 3.47. The molecule has 94 valence electrons. The normalized spacial score (nSPS) is 12.5. The van der Waals surface area contributed by atoms with Crippen LogP contribution in [0.5, 0.6) is 0 Å². The maximum Gasteiger partial charge on any atom is 0.130 e. The van der Waals surface area contributed by atoms with Crippen LogP contribution in [0.1, 0.15) is 17.2 Å². The predicted molar refractivity (Wildman–Crippen MR) is 69.6 cm³/mol. The summed E-state index contributed by atoms with van der Waals surface area (Å²) in [7, 11) is 0. The van der Waals surface area contributed by atoms with E-state index in [0.29, 0.717) is 4.47 Å². The van der Waals surface area contributed by atoms with Crippen LogP contribution in [0.25, 0.3) is 0 Å². The molecular weight excluding hydrogens is 325 g/mol. The molecule has 1 unspecified atom stereocenters. The molecule has 0 heterocycles. The van der Waals surface area contributed by atoms with Gasteiger partial charge in [-0.25, -0.2) is 8.78 Å². The highest BCUT2D eigenvalue weighted by Gasteiger charge is 2.18. The van der Waals surface area contributed by atoms with Crippen molar-refractivity contribution in [2.24, 2.45) is 0 Å². The maximum atomic E-state index is 13.7. The van der Waals surface area contributed by atoms with E-state index in [2.05, 4.69) is 15.9 Å². The van der Waals surface area contributed by atoms with Crippen LogP contribution in [-0.2, 0) is 0 Å². The van der Waals surface area contributed by atoms with Crippen LogP contribution in [0.3, 0.4) is 0 Å². The SMILES string of the molecule is OC(c1ccc(Cl)cc1F)c1cc(F)ccc1Br. The molecule has 0 spiro atoms. The lowest BCUT2D eigenvalue weighted by molar-refractivity contribution is 0.213. The second-order valence-corrected chi connectivity index (χ2v) is 5.02. The topological polar surface area (TPSA) is 20.2 Å². The van der Waals surface area contributed by atoms with E-state index in [9.17, 15) is 13.9 Å². The van der Waals surface area contributed by atoms with Crippen molar-refractivity contribution in [3.05, 3.63) is 68.7 Å². The van der Waals surface area contributed by atoms with Gasteiger partial charge in [-0.05, 0) is 30.3 Å². The zero-order chi connectivity index (χ0) is 13.3. The van der Waals surface area contributed by atoms with Gasteiger partial charge in [0.15, 0.2) is 0 Å². The van der Waals surface area contributed by atoms with Crippen molar-refractivity contribution < 1.29 is 13.9 Å². The van der Waals surface area contributed by atoms with Gasteiger partial charge in [0.05, 0.1) is 0 Å². The summed E-state index contributed by atoms with van der Waals surface area (Å²) in [4.78, 5) is 0. The average Bonchev–Trinajstić information content (AvgIpc) is 2.31. The molecule has 2 aromatic carbocycles. The molecule has 0 aliphatic rings. The van der Waals surface area contributed by atoms with E-state index in [0.717, 1.165) is 12.1 Å². The van der Waals surface area contributed by atoms with Crippen LogP contribution >= 0.6 is 27.5 Å². The Morgan fingerprint density at radius 3 is 2.44 bits per heavy atom. The average molecular weight is 334 g/mol. The van der Waals surface area contributed by atoms with E-state index < -0.39 is 17.7 Å². The molecular formula is C13H8BrClF2O. The van der Waals surface area contributed by atoms with Gasteiger partial charge in [-0.15, -0.1) is 0 Å². The van der Waals surface area contributed by atoms with Gasteiger partial charge in [0.2, 0.25) is 0 Å². The molecule has 1 N–H and O–H groups in total. The summed E-state index contributed by atoms with van der Waals surface area (Å²) in [6.45, 7) is 0. The highest BCUT2D eigenvalue weighted by molar-refractivity contribution is 9.10. The number of aliphatic hydroxyl groups excluding tert-OH is 1. The van der Waals surface area contributed by atoms with Crippen LogP contribution in [0.4, 0.5) is 8.78 Å². The highest BCUT2D eigenvalue weighted by atomic mass is 79.9. The molecule has 1 nitrogen and oxygen atoms in total. The summed E-state index contributed by atoms with van der Waals surface area (Å²) in [6.07, 6.45) is -1.26.